The molecule has 3 rings (SSSR count). The average molecular weight is 248 g/mol. The quantitative estimate of drug-likeness (QED) is 0.865. The molecule has 1 aromatic carbocycles. The first-order valence-electron chi connectivity index (χ1n) is 6.49. The topological polar surface area (TPSA) is 15.3 Å². The Bertz CT molecular complexity index is 369. The highest BCUT2D eigenvalue weighted by molar-refractivity contribution is 7.99. The third-order valence-electron chi connectivity index (χ3n) is 3.65. The number of anilines is 1. The van der Waals surface area contributed by atoms with Gasteiger partial charge in [-0.05, 0) is 18.1 Å². The third kappa shape index (κ3) is 2.61. The van der Waals surface area contributed by atoms with Crippen molar-refractivity contribution in [2.45, 2.75) is 24.6 Å². The molecule has 0 saturated carbocycles. The summed E-state index contributed by atoms with van der Waals surface area (Å²) in [5.41, 5.74) is 2.83. The van der Waals surface area contributed by atoms with Crippen LogP contribution in [0.4, 0.5) is 5.69 Å². The summed E-state index contributed by atoms with van der Waals surface area (Å²) in [6.45, 7) is 6.04. The van der Waals surface area contributed by atoms with Crippen LogP contribution in [0.2, 0.25) is 0 Å². The molecule has 92 valence electrons. The summed E-state index contributed by atoms with van der Waals surface area (Å²) in [6.07, 6.45) is 1.19. The Balaban J connectivity index is 1.58. The summed E-state index contributed by atoms with van der Waals surface area (Å²) < 4.78 is 0. The van der Waals surface area contributed by atoms with Crippen LogP contribution in [0.3, 0.4) is 0 Å². The van der Waals surface area contributed by atoms with Crippen LogP contribution in [0.15, 0.2) is 24.3 Å². The Morgan fingerprint density at radius 3 is 3.12 bits per heavy atom. The van der Waals surface area contributed by atoms with E-state index >= 15 is 0 Å². The SMILES string of the molecule is CC1CN(CC2Cc3ccccc3N2)CCS1. The maximum absolute atomic E-state index is 3.65. The zero-order chi connectivity index (χ0) is 11.7. The number of hydrogen-bond acceptors (Lipinski definition) is 3. The van der Waals surface area contributed by atoms with Crippen LogP contribution in [0.1, 0.15) is 12.5 Å². The van der Waals surface area contributed by atoms with Crippen molar-refractivity contribution in [1.29, 1.82) is 0 Å². The van der Waals surface area contributed by atoms with E-state index in [0.717, 1.165) is 5.25 Å². The Kier molecular flexibility index (Phi) is 3.30. The lowest BCUT2D eigenvalue weighted by atomic mass is 10.1. The second kappa shape index (κ2) is 4.91. The number of benzene rings is 1. The number of thioether (sulfide) groups is 1. The molecule has 0 bridgehead atoms. The molecule has 17 heavy (non-hydrogen) atoms. The number of nitrogens with one attached hydrogen (secondary N) is 1. The Morgan fingerprint density at radius 1 is 1.41 bits per heavy atom. The first kappa shape index (κ1) is 11.4. The molecule has 3 heteroatoms. The van der Waals surface area contributed by atoms with Gasteiger partial charge >= 0.3 is 0 Å². The van der Waals surface area contributed by atoms with Crippen molar-refractivity contribution in [2.75, 3.05) is 30.7 Å². The molecular weight excluding hydrogens is 228 g/mol. The molecule has 0 aromatic heterocycles. The van der Waals surface area contributed by atoms with Crippen LogP contribution < -0.4 is 5.32 Å². The molecule has 2 unspecified atom stereocenters. The summed E-state index contributed by atoms with van der Waals surface area (Å²) in [7, 11) is 0. The van der Waals surface area contributed by atoms with E-state index < -0.39 is 0 Å². The van der Waals surface area contributed by atoms with Crippen molar-refractivity contribution in [1.82, 2.24) is 4.90 Å². The number of fused-ring (bicyclic) bond motifs is 1. The molecule has 1 fully saturated rings. The number of nitrogens with zero attached hydrogens (tertiary/aromatic N) is 1. The summed E-state index contributed by atoms with van der Waals surface area (Å²) in [5, 5.41) is 4.45. The fourth-order valence-corrected chi connectivity index (χ4v) is 3.94. The van der Waals surface area contributed by atoms with Crippen LogP contribution in [-0.4, -0.2) is 41.6 Å². The van der Waals surface area contributed by atoms with Gasteiger partial charge in [-0.3, -0.25) is 4.90 Å². The smallest absolute Gasteiger partial charge is 0.0429 e. The fourth-order valence-electron chi connectivity index (χ4n) is 2.85. The molecule has 1 aromatic rings. The highest BCUT2D eigenvalue weighted by atomic mass is 32.2. The lowest BCUT2D eigenvalue weighted by Crippen LogP contribution is -2.42. The molecule has 2 aliphatic rings. The monoisotopic (exact) mass is 248 g/mol. The van der Waals surface area contributed by atoms with E-state index in [9.17, 15) is 0 Å². The number of hydrogen-bond donors (Lipinski definition) is 1. The van der Waals surface area contributed by atoms with E-state index in [2.05, 4.69) is 53.2 Å². The minimum Gasteiger partial charge on any atom is -0.380 e. The van der Waals surface area contributed by atoms with Crippen molar-refractivity contribution >= 4 is 17.4 Å². The molecule has 0 radical (unpaired) electrons. The van der Waals surface area contributed by atoms with E-state index in [4.69, 9.17) is 0 Å². The van der Waals surface area contributed by atoms with E-state index in [-0.39, 0.29) is 0 Å². The largest absolute Gasteiger partial charge is 0.380 e. The number of rotatable bonds is 2. The highest BCUT2D eigenvalue weighted by Gasteiger charge is 2.24. The van der Waals surface area contributed by atoms with Gasteiger partial charge in [0.2, 0.25) is 0 Å². The van der Waals surface area contributed by atoms with E-state index in [0.29, 0.717) is 6.04 Å². The lowest BCUT2D eigenvalue weighted by molar-refractivity contribution is 0.275. The molecule has 2 heterocycles. The maximum Gasteiger partial charge on any atom is 0.0429 e. The van der Waals surface area contributed by atoms with Crippen molar-refractivity contribution in [2.24, 2.45) is 0 Å². The van der Waals surface area contributed by atoms with Gasteiger partial charge in [0.05, 0.1) is 0 Å². The molecule has 0 spiro atoms. The van der Waals surface area contributed by atoms with Gasteiger partial charge in [0.25, 0.3) is 0 Å². The number of para-hydroxylation sites is 1. The van der Waals surface area contributed by atoms with Gasteiger partial charge in [0.1, 0.15) is 0 Å². The van der Waals surface area contributed by atoms with Crippen molar-refractivity contribution < 1.29 is 0 Å². The Morgan fingerprint density at radius 2 is 2.29 bits per heavy atom. The second-order valence-electron chi connectivity index (χ2n) is 5.14. The summed E-state index contributed by atoms with van der Waals surface area (Å²) in [4.78, 5) is 2.62. The Hall–Kier alpha value is -0.670. The van der Waals surface area contributed by atoms with E-state index in [1.54, 1.807) is 0 Å². The summed E-state index contributed by atoms with van der Waals surface area (Å²) in [5.74, 6) is 1.29. The van der Waals surface area contributed by atoms with Crippen LogP contribution in [0.25, 0.3) is 0 Å². The lowest BCUT2D eigenvalue weighted by Gasteiger charge is -2.32. The first-order chi connectivity index (χ1) is 8.31. The van der Waals surface area contributed by atoms with Gasteiger partial charge in [0.15, 0.2) is 0 Å². The predicted molar refractivity (Wildman–Crippen MR) is 75.9 cm³/mol. The van der Waals surface area contributed by atoms with Gasteiger partial charge < -0.3 is 5.32 Å². The normalized spacial score (nSPS) is 28.8. The fraction of sp³-hybridized carbons (Fsp3) is 0.571. The molecule has 0 amide bonds. The maximum atomic E-state index is 3.65. The minimum atomic E-state index is 0.614. The van der Waals surface area contributed by atoms with Crippen molar-refractivity contribution in [3.63, 3.8) is 0 Å². The van der Waals surface area contributed by atoms with E-state index in [1.165, 1.54) is 43.1 Å². The molecular formula is C14H20N2S. The standard InChI is InChI=1S/C14H20N2S/c1-11-9-16(6-7-17-11)10-13-8-12-4-2-3-5-14(12)15-13/h2-5,11,13,15H,6-10H2,1H3. The van der Waals surface area contributed by atoms with Crippen LogP contribution in [0, 0.1) is 0 Å². The van der Waals surface area contributed by atoms with Gasteiger partial charge in [-0.25, -0.2) is 0 Å². The minimum absolute atomic E-state index is 0.614. The highest BCUT2D eigenvalue weighted by Crippen LogP contribution is 2.26. The zero-order valence-electron chi connectivity index (χ0n) is 10.4. The van der Waals surface area contributed by atoms with Gasteiger partial charge in [-0.1, -0.05) is 25.1 Å². The Labute approximate surface area is 108 Å². The van der Waals surface area contributed by atoms with Gasteiger partial charge in [-0.2, -0.15) is 11.8 Å². The summed E-state index contributed by atoms with van der Waals surface area (Å²) in [6, 6.07) is 9.32. The molecule has 2 aliphatic heterocycles. The molecule has 2 atom stereocenters. The molecule has 1 saturated heterocycles. The molecule has 2 nitrogen and oxygen atoms in total. The van der Waals surface area contributed by atoms with E-state index in [1.807, 2.05) is 0 Å². The van der Waals surface area contributed by atoms with Crippen LogP contribution in [0.5, 0.6) is 0 Å². The first-order valence-corrected chi connectivity index (χ1v) is 7.54. The zero-order valence-corrected chi connectivity index (χ0v) is 11.2. The predicted octanol–water partition coefficient (Wildman–Crippen LogP) is 2.46. The molecule has 0 aliphatic carbocycles. The molecule has 1 N–H and O–H groups in total. The average Bonchev–Trinajstić information content (AvgIpc) is 2.71. The summed E-state index contributed by atoms with van der Waals surface area (Å²) >= 11 is 2.10. The van der Waals surface area contributed by atoms with Gasteiger partial charge in [0, 0.05) is 42.4 Å². The second-order valence-corrected chi connectivity index (χ2v) is 6.69. The van der Waals surface area contributed by atoms with Crippen molar-refractivity contribution in [3.05, 3.63) is 29.8 Å². The van der Waals surface area contributed by atoms with Crippen LogP contribution in [-0.2, 0) is 6.42 Å². The van der Waals surface area contributed by atoms with Gasteiger partial charge in [-0.15, -0.1) is 0 Å². The third-order valence-corrected chi connectivity index (χ3v) is 4.78. The van der Waals surface area contributed by atoms with Crippen molar-refractivity contribution in [3.8, 4) is 0 Å². The van der Waals surface area contributed by atoms with Crippen LogP contribution >= 0.6 is 11.8 Å².